The first-order valence-electron chi connectivity index (χ1n) is 13.6. The first-order chi connectivity index (χ1) is 18.8. The molecule has 2 aliphatic heterocycles. The summed E-state index contributed by atoms with van der Waals surface area (Å²) in [5, 5.41) is 4.78. The summed E-state index contributed by atoms with van der Waals surface area (Å²) in [5.41, 5.74) is 4.78. The number of anilines is 1. The van der Waals surface area contributed by atoms with E-state index in [9.17, 15) is 9.18 Å². The molecule has 0 bridgehead atoms. The maximum atomic E-state index is 14.5. The summed E-state index contributed by atoms with van der Waals surface area (Å²) >= 11 is 5.98. The van der Waals surface area contributed by atoms with Gasteiger partial charge in [0.15, 0.2) is 0 Å². The molecule has 2 N–H and O–H groups in total. The van der Waals surface area contributed by atoms with Gasteiger partial charge >= 0.3 is 0 Å². The van der Waals surface area contributed by atoms with E-state index in [4.69, 9.17) is 11.6 Å². The van der Waals surface area contributed by atoms with Gasteiger partial charge in [-0.15, -0.1) is 0 Å². The van der Waals surface area contributed by atoms with Gasteiger partial charge in [0.2, 0.25) is 5.91 Å². The van der Waals surface area contributed by atoms with Crippen LogP contribution in [0.3, 0.4) is 0 Å². The number of aromatic amines is 1. The number of hydrogen-bond acceptors (Lipinski definition) is 4. The number of fused-ring (bicyclic) bond motifs is 1. The Hall–Kier alpha value is -3.42. The van der Waals surface area contributed by atoms with E-state index in [0.717, 1.165) is 40.7 Å². The molecule has 4 aromatic rings. The zero-order valence-electron chi connectivity index (χ0n) is 22.3. The zero-order valence-corrected chi connectivity index (χ0v) is 23.0. The summed E-state index contributed by atoms with van der Waals surface area (Å²) in [6.07, 6.45) is 5.67. The van der Waals surface area contributed by atoms with Crippen LogP contribution in [0.1, 0.15) is 38.2 Å². The van der Waals surface area contributed by atoms with E-state index in [1.54, 1.807) is 12.1 Å². The summed E-state index contributed by atoms with van der Waals surface area (Å²) in [5.74, 6) is -0.922. The molecule has 2 aromatic carbocycles. The highest BCUT2D eigenvalue weighted by Gasteiger charge is 2.41. The van der Waals surface area contributed by atoms with Crippen LogP contribution < -0.4 is 10.2 Å². The lowest BCUT2D eigenvalue weighted by molar-refractivity contribution is -0.133. The van der Waals surface area contributed by atoms with Crippen LogP contribution in [0.15, 0.2) is 67.0 Å². The number of carbonyl (C=O) groups excluding carboxylic acids is 1. The van der Waals surface area contributed by atoms with Gasteiger partial charge in [-0.05, 0) is 56.0 Å². The van der Waals surface area contributed by atoms with Crippen LogP contribution in [-0.4, -0.2) is 58.5 Å². The quantitative estimate of drug-likeness (QED) is 0.323. The highest BCUT2D eigenvalue weighted by atomic mass is 35.5. The minimum absolute atomic E-state index is 0.0383. The summed E-state index contributed by atoms with van der Waals surface area (Å²) in [6, 6.07) is 17.1. The van der Waals surface area contributed by atoms with E-state index in [-0.39, 0.29) is 22.5 Å². The Morgan fingerprint density at radius 1 is 1.10 bits per heavy atom. The minimum Gasteiger partial charge on any atom is -0.367 e. The summed E-state index contributed by atoms with van der Waals surface area (Å²) in [4.78, 5) is 26.3. The molecule has 0 spiro atoms. The molecule has 0 aliphatic carbocycles. The molecule has 6 rings (SSSR count). The molecule has 2 atom stereocenters. The van der Waals surface area contributed by atoms with Crippen molar-refractivity contribution >= 4 is 34.2 Å². The molecular formula is C31H33ClFN5O. The number of hydrogen-bond donors (Lipinski definition) is 2. The van der Waals surface area contributed by atoms with Crippen LogP contribution in [0, 0.1) is 5.82 Å². The lowest BCUT2D eigenvalue weighted by Gasteiger charge is -2.39. The van der Waals surface area contributed by atoms with Crippen molar-refractivity contribution in [1.82, 2.24) is 20.2 Å². The Balaban J connectivity index is 1.27. The van der Waals surface area contributed by atoms with E-state index in [1.807, 2.05) is 35.5 Å². The van der Waals surface area contributed by atoms with Crippen LogP contribution in [0.4, 0.5) is 10.1 Å². The van der Waals surface area contributed by atoms with Crippen LogP contribution >= 0.6 is 11.6 Å². The topological polar surface area (TPSA) is 64.3 Å². The van der Waals surface area contributed by atoms with Crippen LogP contribution in [0.2, 0.25) is 5.02 Å². The molecule has 1 amide bonds. The standard InChI is InChI=1S/C31H33ClFN5O/c1-31(2)12-10-26(36-31)27(21-8-9-24(32)25(33)18-21)30(39)38-16-14-37(15-17-38)28-22-11-13-34-29(22)35-19-23(28)20-6-4-3-5-7-20/h3-9,11,13,18-19,26-27,36H,10,12,14-17H2,1-2H3,(H,34,35)/t26-,27-/m0/s1. The highest BCUT2D eigenvalue weighted by molar-refractivity contribution is 6.30. The Morgan fingerprint density at radius 2 is 1.87 bits per heavy atom. The van der Waals surface area contributed by atoms with Crippen molar-refractivity contribution in [3.8, 4) is 11.1 Å². The van der Waals surface area contributed by atoms with E-state index < -0.39 is 11.7 Å². The van der Waals surface area contributed by atoms with E-state index in [1.165, 1.54) is 6.07 Å². The number of rotatable bonds is 5. The molecular weight excluding hydrogens is 513 g/mol. The number of H-pyrrole nitrogens is 1. The normalized spacial score (nSPS) is 19.9. The maximum absolute atomic E-state index is 14.5. The fraction of sp³-hybridized carbons (Fsp3) is 0.355. The van der Waals surface area contributed by atoms with Crippen molar-refractivity contribution in [3.63, 3.8) is 0 Å². The number of amides is 1. The molecule has 2 fully saturated rings. The number of nitrogens with zero attached hydrogens (tertiary/aromatic N) is 3. The molecule has 4 heterocycles. The molecule has 2 aromatic heterocycles. The van der Waals surface area contributed by atoms with Crippen molar-refractivity contribution < 1.29 is 9.18 Å². The fourth-order valence-electron chi connectivity index (χ4n) is 6.18. The van der Waals surface area contributed by atoms with Crippen molar-refractivity contribution in [2.24, 2.45) is 0 Å². The predicted octanol–water partition coefficient (Wildman–Crippen LogP) is 5.99. The van der Waals surface area contributed by atoms with E-state index >= 15 is 0 Å². The minimum atomic E-state index is -0.490. The van der Waals surface area contributed by atoms with Gasteiger partial charge in [0.05, 0.1) is 16.6 Å². The Morgan fingerprint density at radius 3 is 2.56 bits per heavy atom. The Bertz CT molecular complexity index is 1500. The number of aromatic nitrogens is 2. The molecule has 0 unspecified atom stereocenters. The van der Waals surface area contributed by atoms with Gasteiger partial charge in [0, 0.05) is 61.1 Å². The van der Waals surface area contributed by atoms with Crippen molar-refractivity contribution in [2.45, 2.75) is 44.2 Å². The van der Waals surface area contributed by atoms with Crippen LogP contribution in [0.5, 0.6) is 0 Å². The Kier molecular flexibility index (Phi) is 6.81. The van der Waals surface area contributed by atoms with Gasteiger partial charge < -0.3 is 20.1 Å². The largest absolute Gasteiger partial charge is 0.367 e. The monoisotopic (exact) mass is 545 g/mol. The van der Waals surface area contributed by atoms with Crippen molar-refractivity contribution in [1.29, 1.82) is 0 Å². The van der Waals surface area contributed by atoms with Gasteiger partial charge in [-0.3, -0.25) is 4.79 Å². The predicted molar refractivity (Wildman–Crippen MR) is 155 cm³/mol. The Labute approximate surface area is 233 Å². The van der Waals surface area contributed by atoms with E-state index in [0.29, 0.717) is 31.7 Å². The first kappa shape index (κ1) is 25.8. The second-order valence-corrected chi connectivity index (χ2v) is 11.7. The van der Waals surface area contributed by atoms with Crippen molar-refractivity contribution in [3.05, 3.63) is 83.4 Å². The zero-order chi connectivity index (χ0) is 27.1. The third-order valence-corrected chi connectivity index (χ3v) is 8.48. The second kappa shape index (κ2) is 10.3. The summed E-state index contributed by atoms with van der Waals surface area (Å²) < 4.78 is 14.5. The highest BCUT2D eigenvalue weighted by Crippen LogP contribution is 2.38. The number of piperazine rings is 1. The molecule has 2 aliphatic rings. The summed E-state index contributed by atoms with van der Waals surface area (Å²) in [7, 11) is 0. The lowest BCUT2D eigenvalue weighted by atomic mass is 9.88. The number of nitrogens with one attached hydrogen (secondary N) is 2. The van der Waals surface area contributed by atoms with Gasteiger partial charge in [-0.2, -0.15) is 0 Å². The molecule has 202 valence electrons. The number of pyridine rings is 1. The SMILES string of the molecule is CC1(C)CC[C@@H]([C@@H](C(=O)N2CCN(c3c(-c4ccccc4)cnc4[nH]ccc34)CC2)c2ccc(Cl)c(F)c2)N1. The van der Waals surface area contributed by atoms with Gasteiger partial charge in [-0.1, -0.05) is 48.0 Å². The number of halogens is 2. The molecule has 6 nitrogen and oxygen atoms in total. The van der Waals surface area contributed by atoms with Gasteiger partial charge in [-0.25, -0.2) is 9.37 Å². The average molecular weight is 546 g/mol. The second-order valence-electron chi connectivity index (χ2n) is 11.3. The van der Waals surface area contributed by atoms with Gasteiger partial charge in [0.1, 0.15) is 11.5 Å². The molecule has 0 radical (unpaired) electrons. The molecule has 8 heteroatoms. The fourth-order valence-corrected chi connectivity index (χ4v) is 6.29. The molecule has 39 heavy (non-hydrogen) atoms. The van der Waals surface area contributed by atoms with Crippen molar-refractivity contribution in [2.75, 3.05) is 31.1 Å². The van der Waals surface area contributed by atoms with Crippen LogP contribution in [0.25, 0.3) is 22.2 Å². The third kappa shape index (κ3) is 5.01. The van der Waals surface area contributed by atoms with E-state index in [2.05, 4.69) is 52.2 Å². The number of benzene rings is 2. The van der Waals surface area contributed by atoms with Crippen LogP contribution in [-0.2, 0) is 4.79 Å². The molecule has 0 saturated carbocycles. The molecule has 2 saturated heterocycles. The lowest BCUT2D eigenvalue weighted by Crippen LogP contribution is -2.53. The maximum Gasteiger partial charge on any atom is 0.231 e. The smallest absolute Gasteiger partial charge is 0.231 e. The average Bonchev–Trinajstić information content (AvgIpc) is 3.56. The summed E-state index contributed by atoms with van der Waals surface area (Å²) in [6.45, 7) is 6.86. The number of carbonyl (C=O) groups is 1. The third-order valence-electron chi connectivity index (χ3n) is 8.18. The van der Waals surface area contributed by atoms with Gasteiger partial charge in [0.25, 0.3) is 0 Å². The first-order valence-corrected chi connectivity index (χ1v) is 14.0.